The third-order valence-electron chi connectivity index (χ3n) is 5.88. The summed E-state index contributed by atoms with van der Waals surface area (Å²) >= 11 is 0. The predicted molar refractivity (Wildman–Crippen MR) is 117 cm³/mol. The van der Waals surface area contributed by atoms with Crippen LogP contribution in [0.2, 0.25) is 0 Å². The van der Waals surface area contributed by atoms with E-state index in [1.807, 2.05) is 42.5 Å². The maximum Gasteiger partial charge on any atom is 0.194 e. The molecule has 8 heteroatoms. The zero-order chi connectivity index (χ0) is 21.1. The Kier molecular flexibility index (Phi) is 5.83. The largest absolute Gasteiger partial charge is 0.350 e. The first-order valence-corrected chi connectivity index (χ1v) is 10.5. The Bertz CT molecular complexity index is 1000. The van der Waals surface area contributed by atoms with Crippen molar-refractivity contribution in [1.82, 2.24) is 34.8 Å². The molecule has 3 heterocycles. The molecular weight excluding hydrogens is 376 g/mol. The maximum absolute atomic E-state index is 4.94. The van der Waals surface area contributed by atoms with Gasteiger partial charge in [0.2, 0.25) is 0 Å². The summed E-state index contributed by atoms with van der Waals surface area (Å²) in [7, 11) is 3.95. The van der Waals surface area contributed by atoms with E-state index in [0.717, 1.165) is 37.1 Å². The summed E-state index contributed by atoms with van der Waals surface area (Å²) in [5.74, 6) is 3.14. The first-order valence-electron chi connectivity index (χ1n) is 10.5. The molecule has 1 saturated heterocycles. The van der Waals surface area contributed by atoms with Crippen LogP contribution in [0.5, 0.6) is 0 Å². The van der Waals surface area contributed by atoms with Crippen LogP contribution < -0.4 is 5.32 Å². The van der Waals surface area contributed by atoms with Crippen molar-refractivity contribution in [3.05, 3.63) is 65.5 Å². The van der Waals surface area contributed by atoms with Crippen molar-refractivity contribution in [3.8, 4) is 0 Å². The van der Waals surface area contributed by atoms with Crippen LogP contribution in [0.3, 0.4) is 0 Å². The van der Waals surface area contributed by atoms with Crippen LogP contribution in [0.1, 0.15) is 48.1 Å². The molecule has 30 heavy (non-hydrogen) atoms. The summed E-state index contributed by atoms with van der Waals surface area (Å²) in [6, 6.07) is 10.6. The lowest BCUT2D eigenvalue weighted by Crippen LogP contribution is -2.41. The third-order valence-corrected chi connectivity index (χ3v) is 5.88. The summed E-state index contributed by atoms with van der Waals surface area (Å²) in [5.41, 5.74) is 2.53. The monoisotopic (exact) mass is 406 g/mol. The summed E-state index contributed by atoms with van der Waals surface area (Å²) in [4.78, 5) is 7.28. The highest BCUT2D eigenvalue weighted by atomic mass is 15.3. The van der Waals surface area contributed by atoms with Gasteiger partial charge in [0.1, 0.15) is 12.4 Å². The molecule has 1 aromatic carbocycles. The van der Waals surface area contributed by atoms with Gasteiger partial charge in [-0.3, -0.25) is 4.68 Å². The van der Waals surface area contributed by atoms with Gasteiger partial charge in [-0.2, -0.15) is 5.10 Å². The van der Waals surface area contributed by atoms with Crippen molar-refractivity contribution in [1.29, 1.82) is 0 Å². The quantitative estimate of drug-likeness (QED) is 0.521. The van der Waals surface area contributed by atoms with Crippen molar-refractivity contribution in [2.75, 3.05) is 13.1 Å². The number of aromatic nitrogens is 5. The lowest BCUT2D eigenvalue weighted by Gasteiger charge is -2.25. The zero-order valence-corrected chi connectivity index (χ0v) is 18.2. The Balaban J connectivity index is 1.53. The molecule has 0 saturated carbocycles. The van der Waals surface area contributed by atoms with E-state index in [-0.39, 0.29) is 6.04 Å². The topological polar surface area (TPSA) is 76.2 Å². The lowest BCUT2D eigenvalue weighted by atomic mass is 10.0. The fourth-order valence-electron chi connectivity index (χ4n) is 3.87. The average molecular weight is 407 g/mol. The summed E-state index contributed by atoms with van der Waals surface area (Å²) in [6.45, 7) is 6.51. The van der Waals surface area contributed by atoms with Gasteiger partial charge in [-0.1, -0.05) is 30.3 Å². The van der Waals surface area contributed by atoms with E-state index in [1.165, 1.54) is 11.1 Å². The van der Waals surface area contributed by atoms with E-state index in [2.05, 4.69) is 62.9 Å². The zero-order valence-electron chi connectivity index (χ0n) is 18.2. The van der Waals surface area contributed by atoms with Gasteiger partial charge in [-0.05, 0) is 31.4 Å². The minimum atomic E-state index is 0.156. The van der Waals surface area contributed by atoms with Crippen LogP contribution in [-0.2, 0) is 20.6 Å². The van der Waals surface area contributed by atoms with E-state index >= 15 is 0 Å². The van der Waals surface area contributed by atoms with E-state index in [4.69, 9.17) is 4.99 Å². The Morgan fingerprint density at radius 1 is 1.23 bits per heavy atom. The predicted octanol–water partition coefficient (Wildman–Crippen LogP) is 2.55. The van der Waals surface area contributed by atoms with Crippen molar-refractivity contribution in [3.63, 3.8) is 0 Å². The Morgan fingerprint density at radius 3 is 2.70 bits per heavy atom. The summed E-state index contributed by atoms with van der Waals surface area (Å²) in [6.07, 6.45) is 5.19. The van der Waals surface area contributed by atoms with Gasteiger partial charge in [0.05, 0.1) is 12.2 Å². The Morgan fingerprint density at radius 2 is 2.03 bits per heavy atom. The molecule has 8 nitrogen and oxygen atoms in total. The molecule has 3 aromatic rings. The molecule has 0 radical (unpaired) electrons. The molecule has 1 aliphatic heterocycles. The number of hydrogen-bond donors (Lipinski definition) is 1. The highest BCUT2D eigenvalue weighted by Gasteiger charge is 2.28. The number of aryl methyl sites for hydroxylation is 2. The highest BCUT2D eigenvalue weighted by Crippen LogP contribution is 2.27. The molecule has 0 amide bonds. The second-order valence-corrected chi connectivity index (χ2v) is 8.02. The number of rotatable bonds is 5. The number of benzene rings is 1. The van der Waals surface area contributed by atoms with E-state index in [0.29, 0.717) is 12.5 Å². The number of aliphatic imine (C=N–C) groups is 1. The van der Waals surface area contributed by atoms with Gasteiger partial charge in [0.15, 0.2) is 11.8 Å². The molecular formula is C22H30N8. The van der Waals surface area contributed by atoms with Crippen LogP contribution in [0, 0.1) is 6.92 Å². The molecule has 0 bridgehead atoms. The maximum atomic E-state index is 4.94. The van der Waals surface area contributed by atoms with Gasteiger partial charge >= 0.3 is 0 Å². The van der Waals surface area contributed by atoms with Crippen LogP contribution in [0.4, 0.5) is 0 Å². The van der Waals surface area contributed by atoms with Gasteiger partial charge in [0.25, 0.3) is 0 Å². The standard InChI is InChI=1S/C22H30N8/c1-16(18-8-6-5-7-9-18)25-22(23-13-21-27-26-17(2)29(21)4)30-11-10-19(15-30)20-12-24-28(3)14-20/h5-9,12,14,16,19H,10-11,13,15H2,1-4H3,(H,23,25). The minimum Gasteiger partial charge on any atom is -0.350 e. The highest BCUT2D eigenvalue weighted by molar-refractivity contribution is 5.80. The Hall–Kier alpha value is -3.16. The average Bonchev–Trinajstić information content (AvgIpc) is 3.48. The fraction of sp³-hybridized carbons (Fsp3) is 0.455. The summed E-state index contributed by atoms with van der Waals surface area (Å²) in [5, 5.41) is 16.4. The molecule has 1 N–H and O–H groups in total. The molecule has 0 spiro atoms. The minimum absolute atomic E-state index is 0.156. The number of nitrogens with one attached hydrogen (secondary N) is 1. The molecule has 2 aromatic heterocycles. The van der Waals surface area contributed by atoms with Crippen molar-refractivity contribution >= 4 is 5.96 Å². The molecule has 2 unspecified atom stereocenters. The van der Waals surface area contributed by atoms with Crippen LogP contribution in [0.15, 0.2) is 47.7 Å². The number of hydrogen-bond acceptors (Lipinski definition) is 4. The molecule has 1 aliphatic rings. The molecule has 2 atom stereocenters. The molecule has 158 valence electrons. The van der Waals surface area contributed by atoms with Gasteiger partial charge in [-0.15, -0.1) is 10.2 Å². The van der Waals surface area contributed by atoms with E-state index in [1.54, 1.807) is 0 Å². The SMILES string of the molecule is Cc1nnc(CN=C(NC(C)c2ccccc2)N2CCC(c3cnn(C)c3)C2)n1C. The third kappa shape index (κ3) is 4.37. The van der Waals surface area contributed by atoms with Gasteiger partial charge < -0.3 is 14.8 Å². The normalized spacial score (nSPS) is 18.1. The first-order chi connectivity index (χ1) is 14.5. The summed E-state index contributed by atoms with van der Waals surface area (Å²) < 4.78 is 3.86. The number of likely N-dealkylation sites (tertiary alicyclic amines) is 1. The van der Waals surface area contributed by atoms with Crippen LogP contribution in [-0.4, -0.2) is 48.5 Å². The molecule has 4 rings (SSSR count). The smallest absolute Gasteiger partial charge is 0.194 e. The number of nitrogens with zero attached hydrogens (tertiary/aromatic N) is 7. The Labute approximate surface area is 177 Å². The van der Waals surface area contributed by atoms with Crippen molar-refractivity contribution in [2.45, 2.75) is 38.8 Å². The van der Waals surface area contributed by atoms with Gasteiger partial charge in [0, 0.05) is 39.3 Å². The second kappa shape index (κ2) is 8.69. The van der Waals surface area contributed by atoms with Crippen molar-refractivity contribution in [2.24, 2.45) is 19.1 Å². The van der Waals surface area contributed by atoms with E-state index < -0.39 is 0 Å². The second-order valence-electron chi connectivity index (χ2n) is 8.02. The number of guanidine groups is 1. The van der Waals surface area contributed by atoms with Crippen LogP contribution in [0.25, 0.3) is 0 Å². The molecule has 0 aliphatic carbocycles. The lowest BCUT2D eigenvalue weighted by molar-refractivity contribution is 0.471. The van der Waals surface area contributed by atoms with Gasteiger partial charge in [-0.25, -0.2) is 4.99 Å². The molecule has 1 fully saturated rings. The first kappa shape index (κ1) is 20.1. The fourth-order valence-corrected chi connectivity index (χ4v) is 3.87. The van der Waals surface area contributed by atoms with Crippen LogP contribution >= 0.6 is 0 Å². The van der Waals surface area contributed by atoms with Crippen molar-refractivity contribution < 1.29 is 0 Å². The van der Waals surface area contributed by atoms with E-state index in [9.17, 15) is 0 Å².